The Morgan fingerprint density at radius 3 is 2.88 bits per heavy atom. The second kappa shape index (κ2) is 5.75. The predicted molar refractivity (Wildman–Crippen MR) is 59.9 cm³/mol. The summed E-state index contributed by atoms with van der Waals surface area (Å²) in [6.07, 6.45) is 0.728. The van der Waals surface area contributed by atoms with Crippen molar-refractivity contribution in [1.82, 2.24) is 4.90 Å². The number of nitriles is 1. The number of likely N-dealkylation sites (tertiary alicyclic amines) is 1. The maximum atomic E-state index is 11.7. The zero-order valence-electron chi connectivity index (χ0n) is 9.05. The van der Waals surface area contributed by atoms with E-state index in [0.29, 0.717) is 6.54 Å². The van der Waals surface area contributed by atoms with Gasteiger partial charge in [0.05, 0.1) is 17.6 Å². The Morgan fingerprint density at radius 1 is 1.62 bits per heavy atom. The average Bonchev–Trinajstić information content (AvgIpc) is 2.60. The number of aliphatic carboxylic acids is 1. The van der Waals surface area contributed by atoms with Crippen LogP contribution in [-0.4, -0.2) is 46.0 Å². The van der Waals surface area contributed by atoms with E-state index in [1.165, 1.54) is 16.7 Å². The molecule has 1 N–H and O–H groups in total. The lowest BCUT2D eigenvalue weighted by Crippen LogP contribution is -2.43. The van der Waals surface area contributed by atoms with Crippen molar-refractivity contribution in [2.75, 3.05) is 18.1 Å². The molecular formula is C10H14N2O3S. The first-order valence-corrected chi connectivity index (χ1v) is 6.20. The molecule has 1 heterocycles. The summed E-state index contributed by atoms with van der Waals surface area (Å²) >= 11 is 1.22. The Balaban J connectivity index is 2.55. The van der Waals surface area contributed by atoms with Crippen LogP contribution in [0.2, 0.25) is 0 Å². The summed E-state index contributed by atoms with van der Waals surface area (Å²) in [5, 5.41) is 17.4. The summed E-state index contributed by atoms with van der Waals surface area (Å²) in [6.45, 7) is 2.35. The number of carboxylic acid groups (broad SMARTS) is 1. The molecular weight excluding hydrogens is 228 g/mol. The number of amides is 1. The maximum absolute atomic E-state index is 11.7. The minimum atomic E-state index is -0.941. The van der Waals surface area contributed by atoms with E-state index in [4.69, 9.17) is 10.4 Å². The first-order valence-electron chi connectivity index (χ1n) is 5.05. The fraction of sp³-hybridized carbons (Fsp3) is 0.700. The molecule has 1 rings (SSSR count). The highest BCUT2D eigenvalue weighted by Gasteiger charge is 2.39. The van der Waals surface area contributed by atoms with Crippen LogP contribution in [-0.2, 0) is 9.59 Å². The van der Waals surface area contributed by atoms with Gasteiger partial charge in [-0.1, -0.05) is 6.92 Å². The first-order chi connectivity index (χ1) is 7.57. The van der Waals surface area contributed by atoms with Gasteiger partial charge < -0.3 is 10.0 Å². The van der Waals surface area contributed by atoms with Gasteiger partial charge in [0.2, 0.25) is 5.91 Å². The highest BCUT2D eigenvalue weighted by Crippen LogP contribution is 2.24. The summed E-state index contributed by atoms with van der Waals surface area (Å²) in [4.78, 5) is 24.1. The van der Waals surface area contributed by atoms with E-state index in [1.54, 1.807) is 0 Å². The van der Waals surface area contributed by atoms with Crippen molar-refractivity contribution < 1.29 is 14.7 Å². The third kappa shape index (κ3) is 2.89. The third-order valence-corrected chi connectivity index (χ3v) is 3.45. The van der Waals surface area contributed by atoms with Gasteiger partial charge in [-0.2, -0.15) is 5.26 Å². The number of carboxylic acids is 1. The number of carbonyl (C=O) groups excluding carboxylic acids is 1. The minimum Gasteiger partial charge on any atom is -0.480 e. The standard InChI is InChI=1S/C10H14N2O3S/c1-7-2-4-12(9(7)10(14)15)8(13)6-16-5-3-11/h7,9H,2,4-6H2,1H3,(H,14,15). The van der Waals surface area contributed by atoms with Crippen molar-refractivity contribution in [3.05, 3.63) is 0 Å². The van der Waals surface area contributed by atoms with Crippen LogP contribution in [0.15, 0.2) is 0 Å². The third-order valence-electron chi connectivity index (χ3n) is 2.67. The normalized spacial score (nSPS) is 24.1. The molecule has 0 aliphatic carbocycles. The zero-order valence-corrected chi connectivity index (χ0v) is 9.87. The lowest BCUT2D eigenvalue weighted by molar-refractivity contribution is -0.148. The van der Waals surface area contributed by atoms with E-state index in [-0.39, 0.29) is 23.3 Å². The zero-order chi connectivity index (χ0) is 12.1. The van der Waals surface area contributed by atoms with E-state index in [2.05, 4.69) is 0 Å². The van der Waals surface area contributed by atoms with Crippen LogP contribution in [0.4, 0.5) is 0 Å². The molecule has 1 fully saturated rings. The minimum absolute atomic E-state index is 0.00224. The number of rotatable bonds is 4. The molecule has 16 heavy (non-hydrogen) atoms. The summed E-state index contributed by atoms with van der Waals surface area (Å²) in [5.41, 5.74) is 0. The number of hydrogen-bond donors (Lipinski definition) is 1. The fourth-order valence-corrected chi connectivity index (χ4v) is 2.40. The lowest BCUT2D eigenvalue weighted by atomic mass is 10.0. The van der Waals surface area contributed by atoms with Gasteiger partial charge in [0.1, 0.15) is 6.04 Å². The summed E-state index contributed by atoms with van der Waals surface area (Å²) in [6, 6.07) is 1.23. The molecule has 0 bridgehead atoms. The molecule has 6 heteroatoms. The maximum Gasteiger partial charge on any atom is 0.326 e. The van der Waals surface area contributed by atoms with Crippen molar-refractivity contribution >= 4 is 23.6 Å². The topological polar surface area (TPSA) is 81.4 Å². The largest absolute Gasteiger partial charge is 0.480 e. The molecule has 1 amide bonds. The van der Waals surface area contributed by atoms with Crippen LogP contribution in [0.25, 0.3) is 0 Å². The van der Waals surface area contributed by atoms with Crippen molar-refractivity contribution in [3.8, 4) is 6.07 Å². The van der Waals surface area contributed by atoms with Gasteiger partial charge in [-0.15, -0.1) is 11.8 Å². The Hall–Kier alpha value is -1.22. The average molecular weight is 242 g/mol. The van der Waals surface area contributed by atoms with Gasteiger partial charge in [-0.05, 0) is 12.3 Å². The van der Waals surface area contributed by atoms with Gasteiger partial charge in [0.15, 0.2) is 0 Å². The van der Waals surface area contributed by atoms with Crippen LogP contribution in [0.5, 0.6) is 0 Å². The SMILES string of the molecule is CC1CCN(C(=O)CSCC#N)C1C(=O)O. The van der Waals surface area contributed by atoms with Crippen LogP contribution >= 0.6 is 11.8 Å². The molecule has 0 saturated carbocycles. The molecule has 5 nitrogen and oxygen atoms in total. The number of nitrogens with zero attached hydrogens (tertiary/aromatic N) is 2. The Kier molecular flexibility index (Phi) is 4.62. The van der Waals surface area contributed by atoms with Crippen LogP contribution in [0.1, 0.15) is 13.3 Å². The molecule has 0 aromatic heterocycles. The smallest absolute Gasteiger partial charge is 0.326 e. The Morgan fingerprint density at radius 2 is 2.31 bits per heavy atom. The quantitative estimate of drug-likeness (QED) is 0.729. The van der Waals surface area contributed by atoms with Crippen LogP contribution < -0.4 is 0 Å². The molecule has 0 spiro atoms. The monoisotopic (exact) mass is 242 g/mol. The lowest BCUT2D eigenvalue weighted by Gasteiger charge is -2.23. The molecule has 88 valence electrons. The Labute approximate surface area is 98.4 Å². The predicted octanol–water partition coefficient (Wildman–Crippen LogP) is 0.565. The van der Waals surface area contributed by atoms with Gasteiger partial charge >= 0.3 is 5.97 Å². The number of carbonyl (C=O) groups is 2. The summed E-state index contributed by atoms with van der Waals surface area (Å²) in [5.74, 6) is -0.681. The summed E-state index contributed by atoms with van der Waals surface area (Å²) < 4.78 is 0. The second-order valence-electron chi connectivity index (χ2n) is 3.79. The molecule has 2 unspecified atom stereocenters. The van der Waals surface area contributed by atoms with Crippen LogP contribution in [0.3, 0.4) is 0 Å². The molecule has 1 aliphatic rings. The fourth-order valence-electron chi connectivity index (χ4n) is 1.87. The van der Waals surface area contributed by atoms with Gasteiger partial charge in [-0.3, -0.25) is 4.79 Å². The Bertz CT molecular complexity index is 327. The second-order valence-corrected chi connectivity index (χ2v) is 4.77. The number of hydrogen-bond acceptors (Lipinski definition) is 4. The van der Waals surface area contributed by atoms with Crippen molar-refractivity contribution in [2.45, 2.75) is 19.4 Å². The van der Waals surface area contributed by atoms with Crippen LogP contribution in [0, 0.1) is 17.2 Å². The van der Waals surface area contributed by atoms with E-state index in [1.807, 2.05) is 13.0 Å². The molecule has 1 saturated heterocycles. The highest BCUT2D eigenvalue weighted by atomic mass is 32.2. The highest BCUT2D eigenvalue weighted by molar-refractivity contribution is 8.00. The van der Waals surface area contributed by atoms with E-state index in [9.17, 15) is 9.59 Å². The first kappa shape index (κ1) is 12.8. The number of thioether (sulfide) groups is 1. The van der Waals surface area contributed by atoms with E-state index >= 15 is 0 Å². The summed E-state index contributed by atoms with van der Waals surface area (Å²) in [7, 11) is 0. The van der Waals surface area contributed by atoms with Crippen molar-refractivity contribution in [2.24, 2.45) is 5.92 Å². The molecule has 1 aliphatic heterocycles. The van der Waals surface area contributed by atoms with Crippen molar-refractivity contribution in [3.63, 3.8) is 0 Å². The van der Waals surface area contributed by atoms with Gasteiger partial charge in [-0.25, -0.2) is 4.79 Å². The molecule has 0 aromatic carbocycles. The van der Waals surface area contributed by atoms with Gasteiger partial charge in [0.25, 0.3) is 0 Å². The van der Waals surface area contributed by atoms with Gasteiger partial charge in [0, 0.05) is 6.54 Å². The van der Waals surface area contributed by atoms with Crippen molar-refractivity contribution in [1.29, 1.82) is 5.26 Å². The molecule has 0 radical (unpaired) electrons. The van der Waals surface area contributed by atoms with E-state index in [0.717, 1.165) is 6.42 Å². The molecule has 2 atom stereocenters. The van der Waals surface area contributed by atoms with E-state index < -0.39 is 12.0 Å². The molecule has 0 aromatic rings.